The molecule has 0 fully saturated rings. The van der Waals surface area contributed by atoms with E-state index in [9.17, 15) is 4.79 Å². The molecule has 0 aliphatic rings. The zero-order valence-corrected chi connectivity index (χ0v) is 12.6. The van der Waals surface area contributed by atoms with E-state index in [1.54, 1.807) is 0 Å². The number of aryl methyl sites for hydroxylation is 1. The molecule has 0 atom stereocenters. The number of amides is 1. The normalized spacial score (nSPS) is 11.1. The van der Waals surface area contributed by atoms with E-state index in [4.69, 9.17) is 0 Å². The maximum atomic E-state index is 11.6. The molecule has 0 aliphatic heterocycles. The number of carbonyl (C=O) groups excluding carboxylic acids is 1. The van der Waals surface area contributed by atoms with Crippen LogP contribution < -0.4 is 5.32 Å². The van der Waals surface area contributed by atoms with Crippen molar-refractivity contribution in [1.82, 2.24) is 10.2 Å². The number of benzene rings is 1. The van der Waals surface area contributed by atoms with Crippen molar-refractivity contribution in [2.24, 2.45) is 5.92 Å². The van der Waals surface area contributed by atoms with Crippen molar-refractivity contribution in [1.29, 1.82) is 0 Å². The molecule has 0 bridgehead atoms. The van der Waals surface area contributed by atoms with Gasteiger partial charge in [-0.15, -0.1) is 0 Å². The number of carbonyl (C=O) groups is 1. The third-order valence-electron chi connectivity index (χ3n) is 2.90. The second-order valence-electron chi connectivity index (χ2n) is 5.75. The van der Waals surface area contributed by atoms with E-state index in [1.807, 2.05) is 19.0 Å². The maximum absolute atomic E-state index is 11.6. The summed E-state index contributed by atoms with van der Waals surface area (Å²) in [6, 6.07) is 8.62. The van der Waals surface area contributed by atoms with Gasteiger partial charge in [-0.2, -0.15) is 0 Å². The monoisotopic (exact) mass is 262 g/mol. The van der Waals surface area contributed by atoms with Crippen LogP contribution in [-0.4, -0.2) is 31.6 Å². The molecule has 3 heteroatoms. The fourth-order valence-electron chi connectivity index (χ4n) is 1.91. The van der Waals surface area contributed by atoms with Crippen LogP contribution in [0.2, 0.25) is 0 Å². The molecule has 1 N–H and O–H groups in total. The minimum Gasteiger partial charge on any atom is -0.343 e. The van der Waals surface area contributed by atoms with Gasteiger partial charge in [-0.3, -0.25) is 9.69 Å². The van der Waals surface area contributed by atoms with Crippen molar-refractivity contribution in [3.63, 3.8) is 0 Å². The van der Waals surface area contributed by atoms with Gasteiger partial charge in [-0.1, -0.05) is 38.1 Å². The Kier molecular flexibility index (Phi) is 6.57. The Labute approximate surface area is 117 Å². The van der Waals surface area contributed by atoms with Gasteiger partial charge in [-0.25, -0.2) is 0 Å². The average molecular weight is 262 g/mol. The molecule has 0 saturated carbocycles. The molecule has 0 spiro atoms. The van der Waals surface area contributed by atoms with Gasteiger partial charge in [0.05, 0.1) is 6.67 Å². The van der Waals surface area contributed by atoms with E-state index >= 15 is 0 Å². The summed E-state index contributed by atoms with van der Waals surface area (Å²) < 4.78 is 0. The van der Waals surface area contributed by atoms with Gasteiger partial charge < -0.3 is 5.32 Å². The second kappa shape index (κ2) is 7.95. The van der Waals surface area contributed by atoms with Crippen LogP contribution in [0.3, 0.4) is 0 Å². The molecule has 3 nitrogen and oxygen atoms in total. The Morgan fingerprint density at radius 1 is 1.16 bits per heavy atom. The van der Waals surface area contributed by atoms with E-state index in [-0.39, 0.29) is 5.91 Å². The van der Waals surface area contributed by atoms with Gasteiger partial charge in [0, 0.05) is 6.42 Å². The van der Waals surface area contributed by atoms with Crippen LogP contribution in [0.5, 0.6) is 0 Å². The second-order valence-corrected chi connectivity index (χ2v) is 5.75. The van der Waals surface area contributed by atoms with Gasteiger partial charge in [0.1, 0.15) is 0 Å². The summed E-state index contributed by atoms with van der Waals surface area (Å²) in [4.78, 5) is 13.5. The first-order chi connectivity index (χ1) is 8.97. The van der Waals surface area contributed by atoms with E-state index in [1.165, 1.54) is 11.1 Å². The van der Waals surface area contributed by atoms with Crippen molar-refractivity contribution < 1.29 is 4.79 Å². The van der Waals surface area contributed by atoms with Gasteiger partial charge >= 0.3 is 0 Å². The molecule has 0 aliphatic carbocycles. The Bertz CT molecular complexity index is 382. The van der Waals surface area contributed by atoms with E-state index in [2.05, 4.69) is 43.4 Å². The van der Waals surface area contributed by atoms with Crippen LogP contribution in [0.15, 0.2) is 24.3 Å². The topological polar surface area (TPSA) is 32.3 Å². The molecule has 1 aromatic rings. The van der Waals surface area contributed by atoms with E-state index < -0.39 is 0 Å². The molecular formula is C16H26N2O. The summed E-state index contributed by atoms with van der Waals surface area (Å²) >= 11 is 0. The van der Waals surface area contributed by atoms with Gasteiger partial charge in [-0.05, 0) is 44.0 Å². The first-order valence-electron chi connectivity index (χ1n) is 6.96. The lowest BCUT2D eigenvalue weighted by Gasteiger charge is -2.11. The molecule has 106 valence electrons. The highest BCUT2D eigenvalue weighted by Crippen LogP contribution is 2.11. The van der Waals surface area contributed by atoms with Gasteiger partial charge in [0.2, 0.25) is 5.91 Å². The Balaban J connectivity index is 2.35. The molecule has 0 radical (unpaired) electrons. The van der Waals surface area contributed by atoms with Crippen molar-refractivity contribution in [2.75, 3.05) is 20.8 Å². The first-order valence-corrected chi connectivity index (χ1v) is 6.96. The molecule has 0 heterocycles. The van der Waals surface area contributed by atoms with Crippen LogP contribution in [0.25, 0.3) is 0 Å². The predicted octanol–water partition coefficient (Wildman–Crippen LogP) is 2.45. The van der Waals surface area contributed by atoms with Crippen LogP contribution in [0.1, 0.15) is 31.4 Å². The maximum Gasteiger partial charge on any atom is 0.221 e. The summed E-state index contributed by atoms with van der Waals surface area (Å²) in [5, 5.41) is 2.88. The standard InChI is InChI=1S/C16H26N2O/c1-13(2)11-15-7-5-14(6-8-15)9-10-16(19)17-12-18(3)4/h5-8,13H,9-12H2,1-4H3,(H,17,19). The molecule has 0 unspecified atom stereocenters. The van der Waals surface area contributed by atoms with Crippen molar-refractivity contribution in [3.05, 3.63) is 35.4 Å². The Hall–Kier alpha value is -1.35. The lowest BCUT2D eigenvalue weighted by Crippen LogP contribution is -2.33. The third-order valence-corrected chi connectivity index (χ3v) is 2.90. The number of rotatable bonds is 7. The van der Waals surface area contributed by atoms with Crippen molar-refractivity contribution in [3.8, 4) is 0 Å². The summed E-state index contributed by atoms with van der Waals surface area (Å²) in [7, 11) is 3.88. The highest BCUT2D eigenvalue weighted by molar-refractivity contribution is 5.76. The SMILES string of the molecule is CC(C)Cc1ccc(CCC(=O)NCN(C)C)cc1. The molecule has 1 aromatic carbocycles. The number of nitrogens with zero attached hydrogens (tertiary/aromatic N) is 1. The van der Waals surface area contributed by atoms with Gasteiger partial charge in [0.15, 0.2) is 0 Å². The van der Waals surface area contributed by atoms with E-state index in [0.29, 0.717) is 19.0 Å². The largest absolute Gasteiger partial charge is 0.343 e. The molecule has 19 heavy (non-hydrogen) atoms. The number of hydrogen-bond donors (Lipinski definition) is 1. The Morgan fingerprint density at radius 3 is 2.26 bits per heavy atom. The van der Waals surface area contributed by atoms with Crippen LogP contribution in [-0.2, 0) is 17.6 Å². The number of hydrogen-bond acceptors (Lipinski definition) is 2. The van der Waals surface area contributed by atoms with Crippen molar-refractivity contribution in [2.45, 2.75) is 33.1 Å². The molecular weight excluding hydrogens is 236 g/mol. The first kappa shape index (κ1) is 15.7. The van der Waals surface area contributed by atoms with E-state index in [0.717, 1.165) is 12.8 Å². The van der Waals surface area contributed by atoms with Crippen LogP contribution in [0.4, 0.5) is 0 Å². The highest BCUT2D eigenvalue weighted by atomic mass is 16.1. The molecule has 0 saturated heterocycles. The smallest absolute Gasteiger partial charge is 0.221 e. The zero-order valence-electron chi connectivity index (χ0n) is 12.6. The lowest BCUT2D eigenvalue weighted by atomic mass is 10.0. The molecule has 0 aromatic heterocycles. The lowest BCUT2D eigenvalue weighted by molar-refractivity contribution is -0.121. The van der Waals surface area contributed by atoms with Gasteiger partial charge in [0.25, 0.3) is 0 Å². The zero-order chi connectivity index (χ0) is 14.3. The third kappa shape index (κ3) is 6.97. The molecule has 1 rings (SSSR count). The Morgan fingerprint density at radius 2 is 1.74 bits per heavy atom. The fraction of sp³-hybridized carbons (Fsp3) is 0.562. The van der Waals surface area contributed by atoms with Crippen molar-refractivity contribution >= 4 is 5.91 Å². The van der Waals surface area contributed by atoms with Crippen LogP contribution >= 0.6 is 0 Å². The summed E-state index contributed by atoms with van der Waals surface area (Å²) in [6.07, 6.45) is 2.47. The fourth-order valence-corrected chi connectivity index (χ4v) is 1.91. The summed E-state index contributed by atoms with van der Waals surface area (Å²) in [6.45, 7) is 5.05. The highest BCUT2D eigenvalue weighted by Gasteiger charge is 2.03. The summed E-state index contributed by atoms with van der Waals surface area (Å²) in [5.74, 6) is 0.794. The number of nitrogens with one attached hydrogen (secondary N) is 1. The predicted molar refractivity (Wildman–Crippen MR) is 80.0 cm³/mol. The minimum atomic E-state index is 0.111. The quantitative estimate of drug-likeness (QED) is 0.766. The molecule has 1 amide bonds. The summed E-state index contributed by atoms with van der Waals surface area (Å²) in [5.41, 5.74) is 2.60. The minimum absolute atomic E-state index is 0.111. The van der Waals surface area contributed by atoms with Crippen LogP contribution in [0, 0.1) is 5.92 Å². The average Bonchev–Trinajstić information content (AvgIpc) is 2.35.